The van der Waals surface area contributed by atoms with E-state index in [1.54, 1.807) is 37.0 Å². The van der Waals surface area contributed by atoms with E-state index in [2.05, 4.69) is 10.1 Å². The molecule has 0 radical (unpaired) electrons. The van der Waals surface area contributed by atoms with Crippen molar-refractivity contribution >= 4 is 11.6 Å². The van der Waals surface area contributed by atoms with E-state index in [0.717, 1.165) is 11.1 Å². The molecule has 2 heterocycles. The second-order valence-electron chi connectivity index (χ2n) is 5.91. The lowest BCUT2D eigenvalue weighted by molar-refractivity contribution is 0.0577. The minimum atomic E-state index is -0.821. The molecule has 21 heavy (non-hydrogen) atoms. The van der Waals surface area contributed by atoms with Crippen molar-refractivity contribution in [2.75, 3.05) is 0 Å². The normalized spacial score (nSPS) is 12.0. The van der Waals surface area contributed by atoms with Gasteiger partial charge >= 0.3 is 0 Å². The van der Waals surface area contributed by atoms with Crippen molar-refractivity contribution in [2.24, 2.45) is 0 Å². The Morgan fingerprint density at radius 3 is 2.71 bits per heavy atom. The van der Waals surface area contributed by atoms with Gasteiger partial charge in [-0.1, -0.05) is 11.6 Å². The van der Waals surface area contributed by atoms with Crippen LogP contribution < -0.4 is 4.74 Å². The fourth-order valence-corrected chi connectivity index (χ4v) is 2.11. The molecule has 2 rings (SSSR count). The summed E-state index contributed by atoms with van der Waals surface area (Å²) in [6.45, 7) is 7.80. The van der Waals surface area contributed by atoms with E-state index in [1.165, 1.54) is 0 Å². The first-order chi connectivity index (χ1) is 9.74. The third kappa shape index (κ3) is 4.44. The molecule has 0 atom stereocenters. The predicted molar refractivity (Wildman–Crippen MR) is 82.5 cm³/mol. The Balaban J connectivity index is 2.33. The van der Waals surface area contributed by atoms with Gasteiger partial charge in [-0.25, -0.2) is 4.98 Å². The molecule has 114 valence electrons. The SMILES string of the molecule is CC(C)Oc1cc(Cl)ncc1-c1cnn(CC(C)(C)O)c1. The summed E-state index contributed by atoms with van der Waals surface area (Å²) in [7, 11) is 0. The van der Waals surface area contributed by atoms with Gasteiger partial charge in [0.05, 0.1) is 24.4 Å². The maximum atomic E-state index is 9.85. The van der Waals surface area contributed by atoms with Gasteiger partial charge in [0.25, 0.3) is 0 Å². The molecule has 0 unspecified atom stereocenters. The fraction of sp³-hybridized carbons (Fsp3) is 0.467. The summed E-state index contributed by atoms with van der Waals surface area (Å²) in [5.41, 5.74) is 0.882. The van der Waals surface area contributed by atoms with Crippen molar-refractivity contribution in [1.82, 2.24) is 14.8 Å². The highest BCUT2D eigenvalue weighted by Gasteiger charge is 2.16. The van der Waals surface area contributed by atoms with Crippen LogP contribution in [0, 0.1) is 0 Å². The van der Waals surface area contributed by atoms with Crippen molar-refractivity contribution in [3.63, 3.8) is 0 Å². The summed E-state index contributed by atoms with van der Waals surface area (Å²) < 4.78 is 7.48. The molecule has 0 aromatic carbocycles. The van der Waals surface area contributed by atoms with E-state index < -0.39 is 5.60 Å². The summed E-state index contributed by atoms with van der Waals surface area (Å²) in [6, 6.07) is 1.70. The van der Waals surface area contributed by atoms with Crippen LogP contribution in [-0.2, 0) is 6.54 Å². The summed E-state index contributed by atoms with van der Waals surface area (Å²) >= 11 is 5.94. The van der Waals surface area contributed by atoms with Crippen LogP contribution in [0.15, 0.2) is 24.7 Å². The standard InChI is InChI=1S/C15H20ClN3O2/c1-10(2)21-13-5-14(16)17-7-12(13)11-6-18-19(8-11)9-15(3,4)20/h5-8,10,20H,9H2,1-4H3. The lowest BCUT2D eigenvalue weighted by Crippen LogP contribution is -2.26. The van der Waals surface area contributed by atoms with E-state index in [-0.39, 0.29) is 6.10 Å². The summed E-state index contributed by atoms with van der Waals surface area (Å²) in [6.07, 6.45) is 5.29. The molecule has 0 amide bonds. The van der Waals surface area contributed by atoms with Crippen molar-refractivity contribution < 1.29 is 9.84 Å². The van der Waals surface area contributed by atoms with Crippen LogP contribution in [0.3, 0.4) is 0 Å². The van der Waals surface area contributed by atoms with E-state index >= 15 is 0 Å². The summed E-state index contributed by atoms with van der Waals surface area (Å²) in [5, 5.41) is 14.5. The zero-order valence-electron chi connectivity index (χ0n) is 12.7. The zero-order chi connectivity index (χ0) is 15.6. The number of aromatic nitrogens is 3. The van der Waals surface area contributed by atoms with Crippen LogP contribution >= 0.6 is 11.6 Å². The van der Waals surface area contributed by atoms with Crippen LogP contribution in [0.1, 0.15) is 27.7 Å². The molecular weight excluding hydrogens is 290 g/mol. The average molecular weight is 310 g/mol. The molecule has 0 aliphatic carbocycles. The van der Waals surface area contributed by atoms with E-state index in [1.807, 2.05) is 20.0 Å². The minimum absolute atomic E-state index is 0.0358. The molecule has 0 aliphatic rings. The Morgan fingerprint density at radius 2 is 2.10 bits per heavy atom. The lowest BCUT2D eigenvalue weighted by Gasteiger charge is -2.16. The minimum Gasteiger partial charge on any atom is -0.490 e. The lowest BCUT2D eigenvalue weighted by atomic mass is 10.1. The smallest absolute Gasteiger partial charge is 0.132 e. The number of nitrogens with zero attached hydrogens (tertiary/aromatic N) is 3. The quantitative estimate of drug-likeness (QED) is 0.862. The Labute approximate surface area is 129 Å². The maximum Gasteiger partial charge on any atom is 0.132 e. The highest BCUT2D eigenvalue weighted by atomic mass is 35.5. The van der Waals surface area contributed by atoms with Gasteiger partial charge in [0.15, 0.2) is 0 Å². The predicted octanol–water partition coefficient (Wildman–Crippen LogP) is 3.16. The van der Waals surface area contributed by atoms with Gasteiger partial charge in [-0.15, -0.1) is 0 Å². The fourth-order valence-electron chi connectivity index (χ4n) is 1.97. The van der Waals surface area contributed by atoms with E-state index in [4.69, 9.17) is 16.3 Å². The van der Waals surface area contributed by atoms with Crippen LogP contribution in [0.2, 0.25) is 5.15 Å². The van der Waals surface area contributed by atoms with Crippen LogP contribution in [0.5, 0.6) is 5.75 Å². The molecule has 5 nitrogen and oxygen atoms in total. The third-order valence-electron chi connectivity index (χ3n) is 2.69. The summed E-state index contributed by atoms with van der Waals surface area (Å²) in [4.78, 5) is 4.11. The van der Waals surface area contributed by atoms with Gasteiger partial charge in [-0.05, 0) is 27.7 Å². The Bertz CT molecular complexity index is 618. The van der Waals surface area contributed by atoms with Gasteiger partial charge in [0, 0.05) is 29.6 Å². The number of aliphatic hydroxyl groups is 1. The molecule has 0 fully saturated rings. The topological polar surface area (TPSA) is 60.2 Å². The highest BCUT2D eigenvalue weighted by molar-refractivity contribution is 6.29. The third-order valence-corrected chi connectivity index (χ3v) is 2.90. The second-order valence-corrected chi connectivity index (χ2v) is 6.30. The van der Waals surface area contributed by atoms with Crippen molar-refractivity contribution in [3.05, 3.63) is 29.8 Å². The van der Waals surface area contributed by atoms with Gasteiger partial charge in [-0.3, -0.25) is 4.68 Å². The molecular formula is C15H20ClN3O2. The first kappa shape index (κ1) is 15.8. The second kappa shape index (κ2) is 6.03. The zero-order valence-corrected chi connectivity index (χ0v) is 13.4. The number of ether oxygens (including phenoxy) is 1. The number of hydrogen-bond acceptors (Lipinski definition) is 4. The van der Waals surface area contributed by atoms with Crippen molar-refractivity contribution in [2.45, 2.75) is 45.9 Å². The number of hydrogen-bond donors (Lipinski definition) is 1. The Kier molecular flexibility index (Phi) is 4.54. The van der Waals surface area contributed by atoms with Crippen LogP contribution in [0.4, 0.5) is 0 Å². The van der Waals surface area contributed by atoms with Crippen LogP contribution in [-0.4, -0.2) is 31.6 Å². The molecule has 0 aliphatic heterocycles. The van der Waals surface area contributed by atoms with Gasteiger partial charge in [0.1, 0.15) is 10.9 Å². The van der Waals surface area contributed by atoms with Crippen LogP contribution in [0.25, 0.3) is 11.1 Å². The van der Waals surface area contributed by atoms with Gasteiger partial charge < -0.3 is 9.84 Å². The first-order valence-corrected chi connectivity index (χ1v) is 7.20. The van der Waals surface area contributed by atoms with Crippen molar-refractivity contribution in [3.8, 4) is 16.9 Å². The molecule has 0 saturated carbocycles. The number of halogens is 1. The Morgan fingerprint density at radius 1 is 1.38 bits per heavy atom. The van der Waals surface area contributed by atoms with Gasteiger partial charge in [-0.2, -0.15) is 5.10 Å². The number of pyridine rings is 1. The summed E-state index contributed by atoms with van der Waals surface area (Å²) in [5.74, 6) is 0.674. The van der Waals surface area contributed by atoms with E-state index in [9.17, 15) is 5.11 Å². The molecule has 0 saturated heterocycles. The van der Waals surface area contributed by atoms with Gasteiger partial charge in [0.2, 0.25) is 0 Å². The molecule has 2 aromatic heterocycles. The Hall–Kier alpha value is -1.59. The van der Waals surface area contributed by atoms with E-state index in [0.29, 0.717) is 17.4 Å². The largest absolute Gasteiger partial charge is 0.490 e. The van der Waals surface area contributed by atoms with Crippen molar-refractivity contribution in [1.29, 1.82) is 0 Å². The molecule has 2 aromatic rings. The highest BCUT2D eigenvalue weighted by Crippen LogP contribution is 2.31. The molecule has 0 spiro atoms. The number of rotatable bonds is 5. The monoisotopic (exact) mass is 309 g/mol. The molecule has 1 N–H and O–H groups in total. The average Bonchev–Trinajstić information content (AvgIpc) is 2.74. The molecule has 0 bridgehead atoms. The maximum absolute atomic E-state index is 9.85. The first-order valence-electron chi connectivity index (χ1n) is 6.82. The molecule has 6 heteroatoms.